The fraction of sp³-hybridized carbons (Fsp3) is 0.462. The van der Waals surface area contributed by atoms with Gasteiger partial charge in [-0.1, -0.05) is 6.07 Å². The van der Waals surface area contributed by atoms with E-state index in [1.165, 1.54) is 0 Å². The highest BCUT2D eigenvalue weighted by Crippen LogP contribution is 2.28. The highest BCUT2D eigenvalue weighted by atomic mass is 79.9. The molecule has 1 aromatic carbocycles. The molecular weight excluding hydrogens is 300 g/mol. The lowest BCUT2D eigenvalue weighted by Gasteiger charge is -2.18. The third-order valence-electron chi connectivity index (χ3n) is 2.19. The van der Waals surface area contributed by atoms with Crippen molar-refractivity contribution in [2.45, 2.75) is 20.1 Å². The van der Waals surface area contributed by atoms with Crippen LogP contribution in [0.25, 0.3) is 0 Å². The number of halogens is 1. The topological polar surface area (TPSA) is 44.8 Å². The summed E-state index contributed by atoms with van der Waals surface area (Å²) in [7, 11) is 0. The van der Waals surface area contributed by atoms with Crippen molar-refractivity contribution in [1.29, 1.82) is 0 Å². The highest BCUT2D eigenvalue weighted by molar-refractivity contribution is 9.10. The highest BCUT2D eigenvalue weighted by Gasteiger charge is 2.12. The van der Waals surface area contributed by atoms with Gasteiger partial charge in [-0.15, -0.1) is 0 Å². The first-order chi connectivity index (χ1) is 8.72. The second-order valence-electron chi connectivity index (χ2n) is 3.43. The van der Waals surface area contributed by atoms with E-state index >= 15 is 0 Å². The van der Waals surface area contributed by atoms with Crippen molar-refractivity contribution in [3.63, 3.8) is 0 Å². The molecule has 0 unspecified atom stereocenters. The monoisotopic (exact) mass is 316 g/mol. The molecule has 0 aliphatic heterocycles. The molecule has 5 heteroatoms. The number of ether oxygens (including phenoxy) is 3. The molecule has 0 fully saturated rings. The second kappa shape index (κ2) is 8.24. The molecule has 0 aliphatic carbocycles. The van der Waals surface area contributed by atoms with E-state index in [1.54, 1.807) is 12.1 Å². The average molecular weight is 317 g/mol. The van der Waals surface area contributed by atoms with Gasteiger partial charge in [0.2, 0.25) is 0 Å². The summed E-state index contributed by atoms with van der Waals surface area (Å²) < 4.78 is 17.1. The van der Waals surface area contributed by atoms with E-state index in [9.17, 15) is 4.79 Å². The van der Waals surface area contributed by atoms with Crippen LogP contribution in [-0.4, -0.2) is 32.4 Å². The normalized spacial score (nSPS) is 10.7. The van der Waals surface area contributed by atoms with E-state index in [0.717, 1.165) is 10.8 Å². The van der Waals surface area contributed by atoms with Crippen molar-refractivity contribution in [3.05, 3.63) is 28.2 Å². The quantitative estimate of drug-likeness (QED) is 0.546. The summed E-state index contributed by atoms with van der Waals surface area (Å²) in [6.45, 7) is 5.11. The summed E-state index contributed by atoms with van der Waals surface area (Å²) in [5, 5.41) is 0. The van der Waals surface area contributed by atoms with Gasteiger partial charge in [0.1, 0.15) is 12.4 Å². The van der Waals surface area contributed by atoms with E-state index in [1.807, 2.05) is 19.9 Å². The first kappa shape index (κ1) is 15.1. The Morgan fingerprint density at radius 3 is 2.50 bits per heavy atom. The van der Waals surface area contributed by atoms with Crippen LogP contribution in [0.3, 0.4) is 0 Å². The number of aldehydes is 1. The molecule has 1 aromatic rings. The fourth-order valence-electron chi connectivity index (χ4n) is 1.44. The van der Waals surface area contributed by atoms with Crippen LogP contribution < -0.4 is 4.74 Å². The van der Waals surface area contributed by atoms with Crippen molar-refractivity contribution in [2.75, 3.05) is 19.8 Å². The van der Waals surface area contributed by atoms with Crippen molar-refractivity contribution in [2.24, 2.45) is 0 Å². The molecular formula is C13H17BrO4. The number of hydrogen-bond acceptors (Lipinski definition) is 4. The Bertz CT molecular complexity index is 375. The van der Waals surface area contributed by atoms with Crippen molar-refractivity contribution >= 4 is 22.2 Å². The molecule has 0 bridgehead atoms. The lowest BCUT2D eigenvalue weighted by molar-refractivity contribution is -0.152. The number of para-hydroxylation sites is 1. The zero-order valence-corrected chi connectivity index (χ0v) is 12.1. The third kappa shape index (κ3) is 4.40. The third-order valence-corrected chi connectivity index (χ3v) is 2.82. The molecule has 0 radical (unpaired) electrons. The molecule has 0 heterocycles. The minimum absolute atomic E-state index is 0.241. The largest absolute Gasteiger partial charge is 0.486 e. The molecule has 1 rings (SSSR count). The summed E-state index contributed by atoms with van der Waals surface area (Å²) in [6.07, 6.45) is 0.336. The smallest absolute Gasteiger partial charge is 0.191 e. The van der Waals surface area contributed by atoms with Gasteiger partial charge in [-0.25, -0.2) is 0 Å². The number of carbonyl (C=O) groups is 1. The maximum atomic E-state index is 10.9. The maximum Gasteiger partial charge on any atom is 0.191 e. The SMILES string of the molecule is CCOC(COc1c(Br)cccc1C=O)OCC. The van der Waals surface area contributed by atoms with Crippen LogP contribution in [0, 0.1) is 0 Å². The molecule has 0 N–H and O–H groups in total. The Morgan fingerprint density at radius 1 is 1.28 bits per heavy atom. The van der Waals surface area contributed by atoms with Gasteiger partial charge < -0.3 is 14.2 Å². The Morgan fingerprint density at radius 2 is 1.94 bits per heavy atom. The molecule has 0 amide bonds. The number of carbonyl (C=O) groups excluding carboxylic acids is 1. The predicted octanol–water partition coefficient (Wildman–Crippen LogP) is 3.04. The number of rotatable bonds is 8. The maximum absolute atomic E-state index is 10.9. The van der Waals surface area contributed by atoms with Crippen LogP contribution >= 0.6 is 15.9 Å². The van der Waals surface area contributed by atoms with E-state index in [4.69, 9.17) is 14.2 Å². The molecule has 0 aromatic heterocycles. The van der Waals surface area contributed by atoms with Gasteiger partial charge in [0.25, 0.3) is 0 Å². The minimum atomic E-state index is -0.424. The molecule has 4 nitrogen and oxygen atoms in total. The van der Waals surface area contributed by atoms with Gasteiger partial charge in [-0.05, 0) is 41.9 Å². The summed E-state index contributed by atoms with van der Waals surface area (Å²) in [5.41, 5.74) is 0.496. The van der Waals surface area contributed by atoms with Gasteiger partial charge in [0, 0.05) is 13.2 Å². The van der Waals surface area contributed by atoms with Gasteiger partial charge in [-0.2, -0.15) is 0 Å². The summed E-state index contributed by atoms with van der Waals surface area (Å²) >= 11 is 3.35. The standard InChI is InChI=1S/C13H17BrO4/c1-3-16-12(17-4-2)9-18-13-10(8-15)6-5-7-11(13)14/h5-8,12H,3-4,9H2,1-2H3. The Balaban J connectivity index is 2.69. The Labute approximate surface area is 115 Å². The van der Waals surface area contributed by atoms with E-state index in [2.05, 4.69) is 15.9 Å². The molecule has 0 aliphatic rings. The first-order valence-corrected chi connectivity index (χ1v) is 6.61. The van der Waals surface area contributed by atoms with E-state index in [0.29, 0.717) is 24.5 Å². The Hall–Kier alpha value is -0.910. The number of benzene rings is 1. The van der Waals surface area contributed by atoms with Gasteiger partial charge in [-0.3, -0.25) is 4.79 Å². The molecule has 0 saturated carbocycles. The Kier molecular flexibility index (Phi) is 6.93. The zero-order valence-electron chi connectivity index (χ0n) is 10.5. The van der Waals surface area contributed by atoms with Gasteiger partial charge in [0.05, 0.1) is 10.0 Å². The average Bonchev–Trinajstić information content (AvgIpc) is 2.37. The lowest BCUT2D eigenvalue weighted by Crippen LogP contribution is -2.25. The van der Waals surface area contributed by atoms with Crippen LogP contribution in [0.15, 0.2) is 22.7 Å². The molecule has 0 saturated heterocycles. The summed E-state index contributed by atoms with van der Waals surface area (Å²) in [6, 6.07) is 5.30. The van der Waals surface area contributed by atoms with Crippen LogP contribution in [0.4, 0.5) is 0 Å². The lowest BCUT2D eigenvalue weighted by atomic mass is 10.2. The minimum Gasteiger partial charge on any atom is -0.486 e. The summed E-state index contributed by atoms with van der Waals surface area (Å²) in [4.78, 5) is 10.9. The fourth-order valence-corrected chi connectivity index (χ4v) is 1.93. The predicted molar refractivity (Wildman–Crippen MR) is 72.1 cm³/mol. The molecule has 0 spiro atoms. The van der Waals surface area contributed by atoms with E-state index < -0.39 is 6.29 Å². The number of hydrogen-bond donors (Lipinski definition) is 0. The van der Waals surface area contributed by atoms with Gasteiger partial charge >= 0.3 is 0 Å². The molecule has 0 atom stereocenters. The van der Waals surface area contributed by atoms with Gasteiger partial charge in [0.15, 0.2) is 12.6 Å². The van der Waals surface area contributed by atoms with Crippen LogP contribution in [0.2, 0.25) is 0 Å². The van der Waals surface area contributed by atoms with Crippen LogP contribution in [-0.2, 0) is 9.47 Å². The molecule has 18 heavy (non-hydrogen) atoms. The van der Waals surface area contributed by atoms with Crippen LogP contribution in [0.1, 0.15) is 24.2 Å². The van der Waals surface area contributed by atoms with Crippen LogP contribution in [0.5, 0.6) is 5.75 Å². The second-order valence-corrected chi connectivity index (χ2v) is 4.28. The van der Waals surface area contributed by atoms with E-state index in [-0.39, 0.29) is 6.61 Å². The van der Waals surface area contributed by atoms with Crippen molar-refractivity contribution in [3.8, 4) is 5.75 Å². The molecule has 100 valence electrons. The zero-order chi connectivity index (χ0) is 13.4. The van der Waals surface area contributed by atoms with Crippen molar-refractivity contribution < 1.29 is 19.0 Å². The summed E-state index contributed by atoms with van der Waals surface area (Å²) in [5.74, 6) is 0.511. The van der Waals surface area contributed by atoms with Crippen molar-refractivity contribution in [1.82, 2.24) is 0 Å². The first-order valence-electron chi connectivity index (χ1n) is 5.82.